The maximum absolute atomic E-state index is 11.2. The van der Waals surface area contributed by atoms with Gasteiger partial charge in [0.1, 0.15) is 6.42 Å². The number of benzene rings is 1. The molecule has 0 saturated carbocycles. The quantitative estimate of drug-likeness (QED) is 0.808. The molecule has 0 aliphatic carbocycles. The lowest BCUT2D eigenvalue weighted by atomic mass is 10.2. The molecule has 4 nitrogen and oxygen atoms in total. The van der Waals surface area contributed by atoms with Crippen LogP contribution in [0.15, 0.2) is 34.9 Å². The van der Waals surface area contributed by atoms with Gasteiger partial charge in [0.05, 0.1) is 18.0 Å². The van der Waals surface area contributed by atoms with Crippen LogP contribution in [0.5, 0.6) is 0 Å². The summed E-state index contributed by atoms with van der Waals surface area (Å²) in [5.74, 6) is -0.332. The van der Waals surface area contributed by atoms with Gasteiger partial charge in [0.15, 0.2) is 5.58 Å². The molecular formula is C11H8N2O2. The van der Waals surface area contributed by atoms with E-state index in [2.05, 4.69) is 5.32 Å². The Balaban J connectivity index is 2.32. The highest BCUT2D eigenvalue weighted by molar-refractivity contribution is 6.00. The number of nitriles is 1. The second kappa shape index (κ2) is 3.84. The van der Waals surface area contributed by atoms with Crippen molar-refractivity contribution in [1.29, 1.82) is 5.26 Å². The standard InChI is InChI=1S/C11H8N2O2/c12-6-4-10(14)13-9-3-1-2-8-5-7-15-11(8)9/h1-3,5,7H,4H2,(H,13,14). The largest absolute Gasteiger partial charge is 0.462 e. The van der Waals surface area contributed by atoms with Gasteiger partial charge < -0.3 is 9.73 Å². The Morgan fingerprint density at radius 3 is 3.13 bits per heavy atom. The van der Waals surface area contributed by atoms with E-state index in [4.69, 9.17) is 9.68 Å². The van der Waals surface area contributed by atoms with E-state index in [1.807, 2.05) is 18.2 Å². The number of nitrogens with one attached hydrogen (secondary N) is 1. The van der Waals surface area contributed by atoms with E-state index >= 15 is 0 Å². The molecule has 0 aliphatic rings. The number of amides is 1. The average Bonchev–Trinajstić information content (AvgIpc) is 2.67. The van der Waals surface area contributed by atoms with E-state index in [0.717, 1.165) is 5.39 Å². The van der Waals surface area contributed by atoms with Crippen molar-refractivity contribution in [2.24, 2.45) is 0 Å². The van der Waals surface area contributed by atoms with E-state index in [-0.39, 0.29) is 12.3 Å². The SMILES string of the molecule is N#CCC(=O)Nc1cccc2ccoc12. The Hall–Kier alpha value is -2.28. The van der Waals surface area contributed by atoms with Crippen molar-refractivity contribution in [2.45, 2.75) is 6.42 Å². The summed E-state index contributed by atoms with van der Waals surface area (Å²) >= 11 is 0. The number of hydrogen-bond acceptors (Lipinski definition) is 3. The van der Waals surface area contributed by atoms with Crippen LogP contribution in [0.25, 0.3) is 11.0 Å². The predicted octanol–water partition coefficient (Wildman–Crippen LogP) is 2.28. The number of rotatable bonds is 2. The zero-order valence-corrected chi connectivity index (χ0v) is 7.86. The maximum atomic E-state index is 11.2. The Morgan fingerprint density at radius 2 is 2.33 bits per heavy atom. The molecule has 0 atom stereocenters. The lowest BCUT2D eigenvalue weighted by molar-refractivity contribution is -0.115. The van der Waals surface area contributed by atoms with Gasteiger partial charge in [-0.3, -0.25) is 4.79 Å². The summed E-state index contributed by atoms with van der Waals surface area (Å²) in [7, 11) is 0. The summed E-state index contributed by atoms with van der Waals surface area (Å²) < 4.78 is 5.23. The van der Waals surface area contributed by atoms with Gasteiger partial charge in [-0.1, -0.05) is 12.1 Å². The van der Waals surface area contributed by atoms with Gasteiger partial charge in [0.25, 0.3) is 0 Å². The minimum atomic E-state index is -0.332. The molecule has 15 heavy (non-hydrogen) atoms. The molecule has 4 heteroatoms. The molecule has 0 aliphatic heterocycles. The Bertz CT molecular complexity index is 537. The van der Waals surface area contributed by atoms with Crippen molar-refractivity contribution in [3.63, 3.8) is 0 Å². The molecule has 1 N–H and O–H groups in total. The number of hydrogen-bond donors (Lipinski definition) is 1. The first-order valence-corrected chi connectivity index (χ1v) is 4.44. The van der Waals surface area contributed by atoms with Gasteiger partial charge in [-0.15, -0.1) is 0 Å². The molecular weight excluding hydrogens is 192 g/mol. The zero-order valence-electron chi connectivity index (χ0n) is 7.86. The van der Waals surface area contributed by atoms with Crippen molar-refractivity contribution in [3.05, 3.63) is 30.5 Å². The molecule has 2 rings (SSSR count). The highest BCUT2D eigenvalue weighted by Gasteiger charge is 2.06. The van der Waals surface area contributed by atoms with Crippen LogP contribution in [0.1, 0.15) is 6.42 Å². The molecule has 0 saturated heterocycles. The number of fused-ring (bicyclic) bond motifs is 1. The van der Waals surface area contributed by atoms with E-state index in [9.17, 15) is 4.79 Å². The fraction of sp³-hybridized carbons (Fsp3) is 0.0909. The van der Waals surface area contributed by atoms with E-state index < -0.39 is 0 Å². The fourth-order valence-corrected chi connectivity index (χ4v) is 1.36. The smallest absolute Gasteiger partial charge is 0.238 e. The number of carbonyl (C=O) groups is 1. The third kappa shape index (κ3) is 1.81. The van der Waals surface area contributed by atoms with Gasteiger partial charge >= 0.3 is 0 Å². The molecule has 1 amide bonds. The molecule has 1 aromatic carbocycles. The van der Waals surface area contributed by atoms with Crippen molar-refractivity contribution in [1.82, 2.24) is 0 Å². The summed E-state index contributed by atoms with van der Waals surface area (Å²) in [5, 5.41) is 11.9. The molecule has 0 fully saturated rings. The van der Waals surface area contributed by atoms with Crippen LogP contribution in [0.3, 0.4) is 0 Å². The van der Waals surface area contributed by atoms with Gasteiger partial charge in [-0.2, -0.15) is 5.26 Å². The van der Waals surface area contributed by atoms with Crippen molar-refractivity contribution in [3.8, 4) is 6.07 Å². The first kappa shape index (κ1) is 9.28. The molecule has 2 aromatic rings. The predicted molar refractivity (Wildman–Crippen MR) is 55.1 cm³/mol. The molecule has 1 aromatic heterocycles. The van der Waals surface area contributed by atoms with E-state index in [1.54, 1.807) is 18.4 Å². The topological polar surface area (TPSA) is 66.0 Å². The van der Waals surface area contributed by atoms with Crippen LogP contribution in [-0.2, 0) is 4.79 Å². The lowest BCUT2D eigenvalue weighted by Gasteiger charge is -2.02. The Kier molecular flexibility index (Phi) is 2.38. The van der Waals surface area contributed by atoms with Gasteiger partial charge in [0, 0.05) is 5.39 Å². The second-order valence-corrected chi connectivity index (χ2v) is 3.03. The molecule has 0 unspecified atom stereocenters. The van der Waals surface area contributed by atoms with Crippen molar-refractivity contribution in [2.75, 3.05) is 5.32 Å². The summed E-state index contributed by atoms with van der Waals surface area (Å²) in [6.07, 6.45) is 1.40. The van der Waals surface area contributed by atoms with Gasteiger partial charge in [-0.05, 0) is 12.1 Å². The molecule has 0 bridgehead atoms. The maximum Gasteiger partial charge on any atom is 0.238 e. The van der Waals surface area contributed by atoms with Gasteiger partial charge in [-0.25, -0.2) is 0 Å². The van der Waals surface area contributed by atoms with Crippen LogP contribution < -0.4 is 5.32 Å². The molecule has 0 radical (unpaired) electrons. The van der Waals surface area contributed by atoms with E-state index in [1.165, 1.54) is 0 Å². The van der Waals surface area contributed by atoms with Crippen molar-refractivity contribution < 1.29 is 9.21 Å². The summed E-state index contributed by atoms with van der Waals surface area (Å²) in [6, 6.07) is 9.05. The lowest BCUT2D eigenvalue weighted by Crippen LogP contribution is -2.10. The monoisotopic (exact) mass is 200 g/mol. The Morgan fingerprint density at radius 1 is 1.47 bits per heavy atom. The number of anilines is 1. The normalized spacial score (nSPS) is 9.80. The fourth-order valence-electron chi connectivity index (χ4n) is 1.36. The highest BCUT2D eigenvalue weighted by Crippen LogP contribution is 2.23. The summed E-state index contributed by atoms with van der Waals surface area (Å²) in [4.78, 5) is 11.2. The number of nitrogens with zero attached hydrogens (tertiary/aromatic N) is 1. The van der Waals surface area contributed by atoms with Crippen LogP contribution in [0.2, 0.25) is 0 Å². The Labute approximate surface area is 86.1 Å². The molecule has 0 spiro atoms. The van der Waals surface area contributed by atoms with Crippen LogP contribution >= 0.6 is 0 Å². The number of para-hydroxylation sites is 1. The van der Waals surface area contributed by atoms with Crippen LogP contribution in [0, 0.1) is 11.3 Å². The number of carbonyl (C=O) groups excluding carboxylic acids is 1. The average molecular weight is 200 g/mol. The van der Waals surface area contributed by atoms with Gasteiger partial charge in [0.2, 0.25) is 5.91 Å². The molecule has 1 heterocycles. The van der Waals surface area contributed by atoms with E-state index in [0.29, 0.717) is 11.3 Å². The second-order valence-electron chi connectivity index (χ2n) is 3.03. The first-order valence-electron chi connectivity index (χ1n) is 4.44. The number of furan rings is 1. The third-order valence-electron chi connectivity index (χ3n) is 1.99. The minimum absolute atomic E-state index is 0.156. The first-order chi connectivity index (χ1) is 7.31. The minimum Gasteiger partial charge on any atom is -0.462 e. The summed E-state index contributed by atoms with van der Waals surface area (Å²) in [5.41, 5.74) is 1.22. The molecule has 74 valence electrons. The zero-order chi connectivity index (χ0) is 10.7. The summed E-state index contributed by atoms with van der Waals surface area (Å²) in [6.45, 7) is 0. The third-order valence-corrected chi connectivity index (χ3v) is 1.99. The van der Waals surface area contributed by atoms with Crippen LogP contribution in [-0.4, -0.2) is 5.91 Å². The van der Waals surface area contributed by atoms with Crippen LogP contribution in [0.4, 0.5) is 5.69 Å². The highest BCUT2D eigenvalue weighted by atomic mass is 16.3. The van der Waals surface area contributed by atoms with Crippen molar-refractivity contribution >= 4 is 22.6 Å².